The van der Waals surface area contributed by atoms with Gasteiger partial charge in [0.2, 0.25) is 10.0 Å². The minimum Gasteiger partial charge on any atom is -0.273 e. The largest absolute Gasteiger partial charge is 0.273 e. The fourth-order valence-electron chi connectivity index (χ4n) is 1.51. The molecule has 0 aromatic carbocycles. The van der Waals surface area contributed by atoms with Crippen LogP contribution >= 0.6 is 15.9 Å². The Bertz CT molecular complexity index is 696. The fourth-order valence-corrected chi connectivity index (χ4v) is 3.02. The summed E-state index contributed by atoms with van der Waals surface area (Å²) in [5, 5.41) is 4.07. The Morgan fingerprint density at radius 3 is 2.68 bits per heavy atom. The average molecular weight is 345 g/mol. The highest BCUT2D eigenvalue weighted by atomic mass is 79.9. The number of nitrogens with one attached hydrogen (secondary N) is 1. The van der Waals surface area contributed by atoms with Crippen LogP contribution in [0.3, 0.4) is 0 Å². The third-order valence-corrected chi connectivity index (χ3v) is 4.58. The van der Waals surface area contributed by atoms with Gasteiger partial charge in [-0.3, -0.25) is 9.67 Å². The summed E-state index contributed by atoms with van der Waals surface area (Å²) < 4.78 is 29.0. The first-order valence-electron chi connectivity index (χ1n) is 5.48. The molecule has 0 aliphatic heterocycles. The molecule has 2 aromatic rings. The lowest BCUT2D eigenvalue weighted by atomic mass is 10.3. The summed E-state index contributed by atoms with van der Waals surface area (Å²) in [5.41, 5.74) is 1.77. The zero-order valence-electron chi connectivity index (χ0n) is 10.5. The predicted molar refractivity (Wildman–Crippen MR) is 73.9 cm³/mol. The number of hydrogen-bond acceptors (Lipinski definition) is 4. The number of rotatable bonds is 4. The van der Waals surface area contributed by atoms with E-state index < -0.39 is 10.0 Å². The van der Waals surface area contributed by atoms with Crippen molar-refractivity contribution in [3.63, 3.8) is 0 Å². The Morgan fingerprint density at radius 1 is 1.37 bits per heavy atom. The Kier molecular flexibility index (Phi) is 4.02. The normalized spacial score (nSPS) is 11.7. The summed E-state index contributed by atoms with van der Waals surface area (Å²) in [6.07, 6.45) is 4.49. The summed E-state index contributed by atoms with van der Waals surface area (Å²) in [5.74, 6) is 0. The minimum absolute atomic E-state index is 0.128. The second-order valence-corrected chi connectivity index (χ2v) is 6.72. The SMILES string of the molecule is Cc1c(CNS(=O)(=O)c2cncc(Br)c2)cnn1C. The molecule has 19 heavy (non-hydrogen) atoms. The molecule has 0 spiro atoms. The first kappa shape index (κ1) is 14.2. The average Bonchev–Trinajstić information content (AvgIpc) is 2.68. The van der Waals surface area contributed by atoms with E-state index in [2.05, 4.69) is 30.7 Å². The molecule has 2 rings (SSSR count). The second-order valence-electron chi connectivity index (χ2n) is 4.04. The number of hydrogen-bond donors (Lipinski definition) is 1. The molecule has 2 aromatic heterocycles. The number of nitrogens with zero attached hydrogens (tertiary/aromatic N) is 3. The van der Waals surface area contributed by atoms with E-state index in [0.717, 1.165) is 11.3 Å². The van der Waals surface area contributed by atoms with Crippen molar-refractivity contribution >= 4 is 26.0 Å². The van der Waals surface area contributed by atoms with Crippen LogP contribution < -0.4 is 4.72 Å². The molecule has 0 unspecified atom stereocenters. The molecule has 1 N–H and O–H groups in total. The molecule has 0 aliphatic rings. The van der Waals surface area contributed by atoms with Gasteiger partial charge in [0, 0.05) is 41.7 Å². The number of aryl methyl sites for hydroxylation is 1. The lowest BCUT2D eigenvalue weighted by molar-refractivity contribution is 0.580. The molecule has 0 amide bonds. The lowest BCUT2D eigenvalue weighted by Crippen LogP contribution is -2.23. The van der Waals surface area contributed by atoms with E-state index in [4.69, 9.17) is 0 Å². The maximum Gasteiger partial charge on any atom is 0.242 e. The fraction of sp³-hybridized carbons (Fsp3) is 0.273. The minimum atomic E-state index is -3.57. The highest BCUT2D eigenvalue weighted by Gasteiger charge is 2.15. The van der Waals surface area contributed by atoms with Crippen molar-refractivity contribution in [2.45, 2.75) is 18.4 Å². The van der Waals surface area contributed by atoms with Gasteiger partial charge in [0.05, 0.1) is 6.20 Å². The molecular weight excluding hydrogens is 332 g/mol. The topological polar surface area (TPSA) is 76.9 Å². The molecule has 6 nitrogen and oxygen atoms in total. The maximum atomic E-state index is 12.1. The molecule has 0 saturated heterocycles. The summed E-state index contributed by atoms with van der Waals surface area (Å²) >= 11 is 3.20. The number of sulfonamides is 1. The van der Waals surface area contributed by atoms with Crippen LogP contribution in [0.2, 0.25) is 0 Å². The van der Waals surface area contributed by atoms with E-state index in [1.807, 2.05) is 14.0 Å². The van der Waals surface area contributed by atoms with Gasteiger partial charge in [-0.15, -0.1) is 0 Å². The molecule has 2 heterocycles. The molecule has 0 saturated carbocycles. The van der Waals surface area contributed by atoms with Crippen LogP contribution in [0.4, 0.5) is 0 Å². The molecule has 8 heteroatoms. The van der Waals surface area contributed by atoms with Gasteiger partial charge in [-0.2, -0.15) is 5.10 Å². The molecule has 0 bridgehead atoms. The zero-order valence-corrected chi connectivity index (χ0v) is 12.9. The Balaban J connectivity index is 2.17. The third kappa shape index (κ3) is 3.20. The molecule has 0 fully saturated rings. The van der Waals surface area contributed by atoms with E-state index in [0.29, 0.717) is 4.47 Å². The van der Waals surface area contributed by atoms with Crippen LogP contribution in [0.25, 0.3) is 0 Å². The lowest BCUT2D eigenvalue weighted by Gasteiger charge is -2.06. The van der Waals surface area contributed by atoms with Gasteiger partial charge >= 0.3 is 0 Å². The second kappa shape index (κ2) is 5.40. The van der Waals surface area contributed by atoms with Gasteiger partial charge in [0.15, 0.2) is 0 Å². The van der Waals surface area contributed by atoms with Crippen molar-refractivity contribution < 1.29 is 8.42 Å². The predicted octanol–water partition coefficient (Wildman–Crippen LogP) is 1.36. The first-order valence-corrected chi connectivity index (χ1v) is 7.75. The van der Waals surface area contributed by atoms with Crippen molar-refractivity contribution in [3.8, 4) is 0 Å². The highest BCUT2D eigenvalue weighted by Crippen LogP contribution is 2.15. The maximum absolute atomic E-state index is 12.1. The van der Waals surface area contributed by atoms with Crippen LogP contribution in [0.15, 0.2) is 34.0 Å². The van der Waals surface area contributed by atoms with E-state index in [1.165, 1.54) is 18.5 Å². The van der Waals surface area contributed by atoms with Crippen molar-refractivity contribution in [3.05, 3.63) is 40.4 Å². The number of pyridine rings is 1. The number of halogens is 1. The summed E-state index contributed by atoms with van der Waals surface area (Å²) in [6, 6.07) is 1.51. The highest BCUT2D eigenvalue weighted by molar-refractivity contribution is 9.10. The van der Waals surface area contributed by atoms with Crippen LogP contribution in [0, 0.1) is 6.92 Å². The molecular formula is C11H13BrN4O2S. The molecule has 102 valence electrons. The molecule has 0 aliphatic carbocycles. The van der Waals surface area contributed by atoms with Crippen LogP contribution in [-0.4, -0.2) is 23.2 Å². The Labute approximate surface area is 120 Å². The van der Waals surface area contributed by atoms with Crippen molar-refractivity contribution in [1.82, 2.24) is 19.5 Å². The van der Waals surface area contributed by atoms with E-state index in [-0.39, 0.29) is 11.4 Å². The van der Waals surface area contributed by atoms with Gasteiger partial charge in [0.25, 0.3) is 0 Å². The van der Waals surface area contributed by atoms with Crippen LogP contribution in [-0.2, 0) is 23.6 Å². The summed E-state index contributed by atoms with van der Waals surface area (Å²) in [4.78, 5) is 3.97. The van der Waals surface area contributed by atoms with E-state index in [9.17, 15) is 8.42 Å². The third-order valence-electron chi connectivity index (χ3n) is 2.78. The van der Waals surface area contributed by atoms with Crippen molar-refractivity contribution in [2.75, 3.05) is 0 Å². The van der Waals surface area contributed by atoms with Crippen molar-refractivity contribution in [2.24, 2.45) is 7.05 Å². The first-order chi connectivity index (χ1) is 8.90. The smallest absolute Gasteiger partial charge is 0.242 e. The van der Waals surface area contributed by atoms with Crippen molar-refractivity contribution in [1.29, 1.82) is 0 Å². The monoisotopic (exact) mass is 344 g/mol. The molecule has 0 atom stereocenters. The quantitative estimate of drug-likeness (QED) is 0.908. The van der Waals surface area contributed by atoms with Gasteiger partial charge in [-0.25, -0.2) is 13.1 Å². The van der Waals surface area contributed by atoms with Gasteiger partial charge in [0.1, 0.15) is 4.90 Å². The molecule has 0 radical (unpaired) electrons. The van der Waals surface area contributed by atoms with Gasteiger partial charge < -0.3 is 0 Å². The Hall–Kier alpha value is -1.25. The van der Waals surface area contributed by atoms with E-state index in [1.54, 1.807) is 10.9 Å². The van der Waals surface area contributed by atoms with E-state index >= 15 is 0 Å². The van der Waals surface area contributed by atoms with Gasteiger partial charge in [-0.05, 0) is 28.9 Å². The van der Waals surface area contributed by atoms with Gasteiger partial charge in [-0.1, -0.05) is 0 Å². The zero-order chi connectivity index (χ0) is 14.0. The Morgan fingerprint density at radius 2 is 2.11 bits per heavy atom. The van der Waals surface area contributed by atoms with Crippen LogP contribution in [0.5, 0.6) is 0 Å². The van der Waals surface area contributed by atoms with Crippen LogP contribution in [0.1, 0.15) is 11.3 Å². The standard InChI is InChI=1S/C11H13BrN4O2S/c1-8-9(4-14-16(8)2)5-15-19(17,18)11-3-10(12)6-13-7-11/h3-4,6-7,15H,5H2,1-2H3. The summed E-state index contributed by atoms with van der Waals surface area (Å²) in [7, 11) is -1.76. The summed E-state index contributed by atoms with van der Waals surface area (Å²) in [6.45, 7) is 2.09. The number of aromatic nitrogens is 3.